The minimum atomic E-state index is -3.85. The number of pyridine rings is 1. The number of nitrogens with two attached hydrogens (primary N) is 2. The number of nitrogens with zero attached hydrogens (tertiary/aromatic N) is 1. The van der Waals surface area contributed by atoms with Gasteiger partial charge in [-0.2, -0.15) is 0 Å². The van der Waals surface area contributed by atoms with Gasteiger partial charge in [-0.15, -0.1) is 0 Å². The molecule has 10 nitrogen and oxygen atoms in total. The summed E-state index contributed by atoms with van der Waals surface area (Å²) in [5.74, 6) is -0.0745. The molecule has 2 heterocycles. The zero-order valence-electron chi connectivity index (χ0n) is 22.4. The first-order valence-corrected chi connectivity index (χ1v) is 14.0. The van der Waals surface area contributed by atoms with Crippen LogP contribution in [0.15, 0.2) is 48.5 Å². The maximum absolute atomic E-state index is 13.0. The fraction of sp³-hybridized carbons (Fsp3) is 0.357. The van der Waals surface area contributed by atoms with E-state index >= 15 is 0 Å². The largest absolute Gasteiger partial charge is 0.493 e. The summed E-state index contributed by atoms with van der Waals surface area (Å²) in [5.41, 5.74) is 8.25. The molecule has 3 aromatic rings. The molecule has 0 aliphatic carbocycles. The average molecular weight is 556 g/mol. The molecular formula is C28H33N3O7S. The Balaban J connectivity index is 1.58. The van der Waals surface area contributed by atoms with Crippen molar-refractivity contribution in [1.29, 1.82) is 0 Å². The summed E-state index contributed by atoms with van der Waals surface area (Å²) < 4.78 is 38.8. The van der Waals surface area contributed by atoms with E-state index in [2.05, 4.69) is 0 Å². The second-order valence-corrected chi connectivity index (χ2v) is 11.9. The molecule has 11 heteroatoms. The molecule has 0 saturated carbocycles. The fourth-order valence-corrected chi connectivity index (χ4v) is 4.61. The van der Waals surface area contributed by atoms with Gasteiger partial charge in [0, 0.05) is 23.1 Å². The molecule has 4 rings (SSSR count). The molecule has 0 bridgehead atoms. The molecule has 208 valence electrons. The number of ketones is 1. The quantitative estimate of drug-likeness (QED) is 0.319. The van der Waals surface area contributed by atoms with Gasteiger partial charge in [0.2, 0.25) is 16.0 Å². The molecule has 39 heavy (non-hydrogen) atoms. The first kappa shape index (κ1) is 28.5. The molecule has 0 radical (unpaired) electrons. The van der Waals surface area contributed by atoms with Gasteiger partial charge in [0.25, 0.3) is 0 Å². The van der Waals surface area contributed by atoms with Crippen LogP contribution in [0.3, 0.4) is 0 Å². The lowest BCUT2D eigenvalue weighted by atomic mass is 9.88. The van der Waals surface area contributed by atoms with Crippen LogP contribution in [-0.4, -0.2) is 43.9 Å². The third kappa shape index (κ3) is 6.39. The Morgan fingerprint density at radius 3 is 2.51 bits per heavy atom. The molecule has 0 spiro atoms. The molecule has 1 aromatic heterocycles. The summed E-state index contributed by atoms with van der Waals surface area (Å²) in [6.45, 7) is 5.76. The number of aromatic nitrogens is 1. The predicted octanol–water partition coefficient (Wildman–Crippen LogP) is 3.13. The second kappa shape index (κ2) is 10.6. The SMILES string of the molecule is COc1cc(C(=O)CCC(C)(O)c2cc3c(c(-c4ccc(C)cc4)n2)OCC3(C)N)ccc1OCS(N)(=O)=O. The number of hydrogen-bond acceptors (Lipinski definition) is 9. The summed E-state index contributed by atoms with van der Waals surface area (Å²) in [6.07, 6.45) is 0.0850. The Morgan fingerprint density at radius 1 is 1.18 bits per heavy atom. The van der Waals surface area contributed by atoms with Gasteiger partial charge in [0.05, 0.1) is 18.3 Å². The highest BCUT2D eigenvalue weighted by molar-refractivity contribution is 7.88. The van der Waals surface area contributed by atoms with E-state index in [0.29, 0.717) is 22.7 Å². The topological polar surface area (TPSA) is 164 Å². The molecule has 0 amide bonds. The van der Waals surface area contributed by atoms with Crippen LogP contribution in [0.4, 0.5) is 0 Å². The monoisotopic (exact) mass is 555 g/mol. The van der Waals surface area contributed by atoms with Crippen molar-refractivity contribution in [3.63, 3.8) is 0 Å². The number of rotatable bonds is 10. The number of ether oxygens (including phenoxy) is 3. The van der Waals surface area contributed by atoms with Gasteiger partial charge in [-0.1, -0.05) is 29.8 Å². The maximum atomic E-state index is 13.0. The number of methoxy groups -OCH3 is 1. The number of Topliss-reactive ketones (excluding diaryl/α,β-unsaturated/α-hetero) is 1. The van der Waals surface area contributed by atoms with Gasteiger partial charge in [-0.05, 0) is 51.5 Å². The van der Waals surface area contributed by atoms with Crippen LogP contribution in [-0.2, 0) is 21.2 Å². The van der Waals surface area contributed by atoms with Crippen LogP contribution in [0.1, 0.15) is 53.9 Å². The number of aryl methyl sites for hydroxylation is 1. The lowest BCUT2D eigenvalue weighted by Gasteiger charge is -2.25. The number of primary sulfonamides is 1. The Hall–Kier alpha value is -3.51. The Kier molecular flexibility index (Phi) is 7.72. The number of carbonyl (C=O) groups is 1. The van der Waals surface area contributed by atoms with Crippen LogP contribution in [0.2, 0.25) is 0 Å². The number of aliphatic hydroxyl groups is 1. The highest BCUT2D eigenvalue weighted by Crippen LogP contribution is 2.44. The lowest BCUT2D eigenvalue weighted by Crippen LogP contribution is -2.35. The lowest BCUT2D eigenvalue weighted by molar-refractivity contribution is 0.0396. The fourth-order valence-electron chi connectivity index (χ4n) is 4.32. The van der Waals surface area contributed by atoms with E-state index in [1.54, 1.807) is 13.0 Å². The number of hydrogen-bond donors (Lipinski definition) is 3. The minimum absolute atomic E-state index is 0.00254. The van der Waals surface area contributed by atoms with Crippen LogP contribution in [0.5, 0.6) is 17.2 Å². The second-order valence-electron chi connectivity index (χ2n) is 10.3. The van der Waals surface area contributed by atoms with E-state index in [4.69, 9.17) is 30.1 Å². The Morgan fingerprint density at radius 2 is 1.87 bits per heavy atom. The van der Waals surface area contributed by atoms with Gasteiger partial charge in [0.1, 0.15) is 17.9 Å². The Labute approximate surface area is 228 Å². The highest BCUT2D eigenvalue weighted by atomic mass is 32.2. The number of sulfonamides is 1. The number of benzene rings is 2. The van der Waals surface area contributed by atoms with Crippen molar-refractivity contribution in [3.05, 3.63) is 70.9 Å². The normalized spacial score (nSPS) is 18.1. The third-order valence-electron chi connectivity index (χ3n) is 6.68. The van der Waals surface area contributed by atoms with Gasteiger partial charge in [-0.25, -0.2) is 18.5 Å². The van der Waals surface area contributed by atoms with Crippen molar-refractivity contribution in [1.82, 2.24) is 4.98 Å². The maximum Gasteiger partial charge on any atom is 0.244 e. The summed E-state index contributed by atoms with van der Waals surface area (Å²) in [5, 5.41) is 16.5. The van der Waals surface area contributed by atoms with Crippen LogP contribution >= 0.6 is 0 Å². The van der Waals surface area contributed by atoms with E-state index in [9.17, 15) is 18.3 Å². The van der Waals surface area contributed by atoms with E-state index in [1.165, 1.54) is 25.3 Å². The first-order chi connectivity index (χ1) is 18.2. The van der Waals surface area contributed by atoms with Crippen LogP contribution in [0, 0.1) is 6.92 Å². The summed E-state index contributed by atoms with van der Waals surface area (Å²) in [7, 11) is -2.48. The minimum Gasteiger partial charge on any atom is -0.493 e. The molecule has 1 aliphatic heterocycles. The van der Waals surface area contributed by atoms with Gasteiger partial charge < -0.3 is 25.1 Å². The van der Waals surface area contributed by atoms with Gasteiger partial charge in [0.15, 0.2) is 23.0 Å². The Bertz CT molecular complexity index is 1500. The summed E-state index contributed by atoms with van der Waals surface area (Å²) in [4.78, 5) is 17.8. The molecular weight excluding hydrogens is 522 g/mol. The molecule has 2 aromatic carbocycles. The molecule has 2 atom stereocenters. The first-order valence-electron chi connectivity index (χ1n) is 12.3. The van der Waals surface area contributed by atoms with Crippen LogP contribution < -0.4 is 25.1 Å². The molecule has 5 N–H and O–H groups in total. The van der Waals surface area contributed by atoms with Crippen LogP contribution in [0.25, 0.3) is 11.3 Å². The summed E-state index contributed by atoms with van der Waals surface area (Å²) in [6, 6.07) is 14.0. The van der Waals surface area contributed by atoms with Crippen molar-refractivity contribution in [2.24, 2.45) is 10.9 Å². The van der Waals surface area contributed by atoms with Crippen molar-refractivity contribution >= 4 is 15.8 Å². The van der Waals surface area contributed by atoms with Crippen molar-refractivity contribution in [3.8, 4) is 28.5 Å². The van der Waals surface area contributed by atoms with Gasteiger partial charge in [-0.3, -0.25) is 4.79 Å². The van der Waals surface area contributed by atoms with E-state index in [1.807, 2.05) is 38.1 Å². The average Bonchev–Trinajstić information content (AvgIpc) is 3.20. The predicted molar refractivity (Wildman–Crippen MR) is 146 cm³/mol. The molecule has 0 saturated heterocycles. The van der Waals surface area contributed by atoms with Crippen molar-refractivity contribution in [2.45, 2.75) is 44.8 Å². The molecule has 0 fully saturated rings. The summed E-state index contributed by atoms with van der Waals surface area (Å²) >= 11 is 0. The zero-order chi connectivity index (χ0) is 28.6. The van der Waals surface area contributed by atoms with Crippen molar-refractivity contribution in [2.75, 3.05) is 19.7 Å². The molecule has 1 aliphatic rings. The van der Waals surface area contributed by atoms with Gasteiger partial charge >= 0.3 is 0 Å². The van der Waals surface area contributed by atoms with E-state index in [-0.39, 0.29) is 36.7 Å². The molecule has 2 unspecified atom stereocenters. The standard InChI is InChI=1S/C28H33N3O7S/c1-17-5-7-18(8-6-17)25-26-20(27(2,29)15-37-26)14-24(31-25)28(3,33)12-11-21(32)19-9-10-22(23(13-19)36-4)38-16-39(30,34)35/h5-10,13-14,33H,11-12,15-16,29H2,1-4H3,(H2,30,34,35). The number of carbonyl (C=O) groups excluding carboxylic acids is 1. The van der Waals surface area contributed by atoms with E-state index in [0.717, 1.165) is 16.7 Å². The third-order valence-corrected chi connectivity index (χ3v) is 7.13. The number of fused-ring (bicyclic) bond motifs is 1. The van der Waals surface area contributed by atoms with E-state index < -0.39 is 27.1 Å². The zero-order valence-corrected chi connectivity index (χ0v) is 23.2. The smallest absolute Gasteiger partial charge is 0.244 e. The highest BCUT2D eigenvalue weighted by Gasteiger charge is 2.38. The van der Waals surface area contributed by atoms with Crippen molar-refractivity contribution < 1.29 is 32.5 Å².